The summed E-state index contributed by atoms with van der Waals surface area (Å²) in [5.74, 6) is 0. The molecule has 0 aliphatic heterocycles. The summed E-state index contributed by atoms with van der Waals surface area (Å²) < 4.78 is 34.1. The van der Waals surface area contributed by atoms with Crippen LogP contribution in [0, 0.1) is 0 Å². The Balaban J connectivity index is 2.53. The predicted molar refractivity (Wildman–Crippen MR) is 58.0 cm³/mol. The number of nitrogens with zero attached hydrogens (tertiary/aromatic N) is 1. The van der Waals surface area contributed by atoms with E-state index in [4.69, 9.17) is 0 Å². The molecule has 1 aromatic heterocycles. The van der Waals surface area contributed by atoms with Crippen LogP contribution in [0.15, 0.2) is 53.7 Å². The minimum atomic E-state index is -4.74. The van der Waals surface area contributed by atoms with Crippen LogP contribution in [0.5, 0.6) is 0 Å². The van der Waals surface area contributed by atoms with Crippen LogP contribution in [0.3, 0.4) is 0 Å². The van der Waals surface area contributed by atoms with E-state index < -0.39 is 15.2 Å². The summed E-state index contributed by atoms with van der Waals surface area (Å²) in [5, 5.41) is -0.561. The van der Waals surface area contributed by atoms with Crippen molar-refractivity contribution < 1.29 is 12.3 Å². The molecule has 0 bridgehead atoms. The Morgan fingerprint density at radius 1 is 1.00 bits per heavy atom. The van der Waals surface area contributed by atoms with Crippen LogP contribution in [0.1, 0.15) is 0 Å². The van der Waals surface area contributed by atoms with Gasteiger partial charge in [0.1, 0.15) is 0 Å². The van der Waals surface area contributed by atoms with E-state index in [1.807, 2.05) is 30.3 Å². The summed E-state index contributed by atoms with van der Waals surface area (Å²) in [4.78, 5) is 3.47. The van der Waals surface area contributed by atoms with Crippen LogP contribution in [0.2, 0.25) is 0 Å². The summed E-state index contributed by atoms with van der Waals surface area (Å²) >= 11 is 0. The number of rotatable bonds is 2. The van der Waals surface area contributed by atoms with Gasteiger partial charge in [-0.2, -0.15) is 8.42 Å². The molecule has 0 fully saturated rings. The highest BCUT2D eigenvalue weighted by Gasteiger charge is 2.14. The van der Waals surface area contributed by atoms with Gasteiger partial charge in [0.2, 0.25) is 0 Å². The Morgan fingerprint density at radius 2 is 1.69 bits per heavy atom. The molecular weight excluding hydrogens is 229 g/mol. The van der Waals surface area contributed by atoms with Crippen molar-refractivity contribution in [2.24, 2.45) is 0 Å². The molecule has 0 saturated carbocycles. The minimum absolute atomic E-state index is 0.561. The van der Waals surface area contributed by atoms with Crippen LogP contribution < -0.4 is 0 Å². The van der Waals surface area contributed by atoms with Gasteiger partial charge in [0.15, 0.2) is 5.03 Å². The van der Waals surface area contributed by atoms with Crippen LogP contribution >= 0.6 is 0 Å². The highest BCUT2D eigenvalue weighted by atomic mass is 32.3. The van der Waals surface area contributed by atoms with E-state index in [2.05, 4.69) is 4.98 Å². The number of halogens is 1. The first-order valence-electron chi connectivity index (χ1n) is 4.53. The second-order valence-corrected chi connectivity index (χ2v) is 4.48. The quantitative estimate of drug-likeness (QED) is 0.753. The molecule has 1 aromatic carbocycles. The molecule has 0 amide bonds. The third kappa shape index (κ3) is 2.25. The van der Waals surface area contributed by atoms with Crippen LogP contribution in [0.4, 0.5) is 3.89 Å². The Labute approximate surface area is 92.8 Å². The largest absolute Gasteiger partial charge is 0.349 e. The van der Waals surface area contributed by atoms with Crippen LogP contribution in [-0.4, -0.2) is 13.4 Å². The van der Waals surface area contributed by atoms with Gasteiger partial charge in [-0.1, -0.05) is 34.2 Å². The van der Waals surface area contributed by atoms with Crippen molar-refractivity contribution >= 4 is 10.2 Å². The number of hydrogen-bond acceptors (Lipinski definition) is 3. The van der Waals surface area contributed by atoms with Crippen LogP contribution in [0.25, 0.3) is 11.1 Å². The standard InChI is InChI=1S/C11H8FNO2S/c12-16(14,15)11-8-10(6-7-13-11)9-4-2-1-3-5-9/h1-8H. The summed E-state index contributed by atoms with van der Waals surface area (Å²) in [6, 6.07) is 11.9. The monoisotopic (exact) mass is 237 g/mol. The lowest BCUT2D eigenvalue weighted by Crippen LogP contribution is -1.95. The lowest BCUT2D eigenvalue weighted by atomic mass is 10.1. The van der Waals surface area contributed by atoms with E-state index in [1.54, 1.807) is 6.07 Å². The molecule has 3 nitrogen and oxygen atoms in total. The molecule has 2 rings (SSSR count). The van der Waals surface area contributed by atoms with Gasteiger partial charge in [-0.15, -0.1) is 0 Å². The first-order valence-corrected chi connectivity index (χ1v) is 5.92. The number of aromatic nitrogens is 1. The van der Waals surface area contributed by atoms with Gasteiger partial charge in [0.05, 0.1) is 0 Å². The van der Waals surface area contributed by atoms with Gasteiger partial charge in [0.25, 0.3) is 0 Å². The number of pyridine rings is 1. The summed E-state index contributed by atoms with van der Waals surface area (Å²) in [7, 11) is -4.74. The fourth-order valence-electron chi connectivity index (χ4n) is 1.35. The predicted octanol–water partition coefficient (Wildman–Crippen LogP) is 2.41. The van der Waals surface area contributed by atoms with Crippen molar-refractivity contribution in [3.8, 4) is 11.1 Å². The maximum absolute atomic E-state index is 12.7. The normalized spacial score (nSPS) is 11.3. The number of hydrogen-bond donors (Lipinski definition) is 0. The van der Waals surface area contributed by atoms with Gasteiger partial charge in [-0.05, 0) is 23.3 Å². The van der Waals surface area contributed by atoms with E-state index in [-0.39, 0.29) is 0 Å². The van der Waals surface area contributed by atoms with E-state index in [0.29, 0.717) is 5.56 Å². The molecule has 82 valence electrons. The Bertz CT molecular complexity index is 596. The summed E-state index contributed by atoms with van der Waals surface area (Å²) in [5.41, 5.74) is 1.43. The second-order valence-electron chi connectivity index (χ2n) is 3.19. The lowest BCUT2D eigenvalue weighted by molar-refractivity contribution is 0.548. The molecular formula is C11H8FNO2S. The minimum Gasteiger partial charge on any atom is -0.242 e. The third-order valence-electron chi connectivity index (χ3n) is 2.09. The van der Waals surface area contributed by atoms with Crippen molar-refractivity contribution in [3.05, 3.63) is 48.7 Å². The molecule has 0 aliphatic carbocycles. The lowest BCUT2D eigenvalue weighted by Gasteiger charge is -2.01. The van der Waals surface area contributed by atoms with Gasteiger partial charge in [-0.3, -0.25) is 0 Å². The molecule has 0 unspecified atom stereocenters. The molecule has 0 spiro atoms. The van der Waals surface area contributed by atoms with Gasteiger partial charge < -0.3 is 0 Å². The maximum Gasteiger partial charge on any atom is 0.349 e. The molecule has 0 N–H and O–H groups in total. The van der Waals surface area contributed by atoms with Crippen molar-refractivity contribution in [2.45, 2.75) is 5.03 Å². The van der Waals surface area contributed by atoms with Gasteiger partial charge in [-0.25, -0.2) is 4.98 Å². The fraction of sp³-hybridized carbons (Fsp3) is 0. The first-order chi connectivity index (χ1) is 7.57. The zero-order valence-electron chi connectivity index (χ0n) is 8.17. The fourth-order valence-corrected chi connectivity index (χ4v) is 1.81. The molecule has 16 heavy (non-hydrogen) atoms. The first kappa shape index (κ1) is 10.8. The highest BCUT2D eigenvalue weighted by Crippen LogP contribution is 2.21. The molecule has 2 aromatic rings. The molecule has 0 saturated heterocycles. The zero-order chi connectivity index (χ0) is 11.6. The van der Waals surface area contributed by atoms with Crippen LogP contribution in [-0.2, 0) is 10.2 Å². The number of benzene rings is 1. The van der Waals surface area contributed by atoms with E-state index in [0.717, 1.165) is 5.56 Å². The Kier molecular flexibility index (Phi) is 2.70. The van der Waals surface area contributed by atoms with Crippen molar-refractivity contribution in [1.82, 2.24) is 4.98 Å². The summed E-state index contributed by atoms with van der Waals surface area (Å²) in [6.45, 7) is 0. The molecule has 5 heteroatoms. The van der Waals surface area contributed by atoms with Crippen molar-refractivity contribution in [2.75, 3.05) is 0 Å². The summed E-state index contributed by atoms with van der Waals surface area (Å²) in [6.07, 6.45) is 1.27. The second kappa shape index (κ2) is 4.02. The maximum atomic E-state index is 12.7. The average molecular weight is 237 g/mol. The molecule has 0 aliphatic rings. The Morgan fingerprint density at radius 3 is 2.31 bits per heavy atom. The topological polar surface area (TPSA) is 47.0 Å². The Hall–Kier alpha value is -1.75. The molecule has 0 atom stereocenters. The third-order valence-corrected chi connectivity index (χ3v) is 2.81. The van der Waals surface area contributed by atoms with E-state index >= 15 is 0 Å². The molecule has 1 heterocycles. The van der Waals surface area contributed by atoms with E-state index in [9.17, 15) is 12.3 Å². The zero-order valence-corrected chi connectivity index (χ0v) is 8.99. The highest BCUT2D eigenvalue weighted by molar-refractivity contribution is 7.86. The SMILES string of the molecule is O=S(=O)(F)c1cc(-c2ccccc2)ccn1. The van der Waals surface area contributed by atoms with E-state index in [1.165, 1.54) is 12.3 Å². The van der Waals surface area contributed by atoms with Crippen molar-refractivity contribution in [3.63, 3.8) is 0 Å². The smallest absolute Gasteiger partial charge is 0.242 e. The molecule has 0 radical (unpaired) electrons. The average Bonchev–Trinajstić information content (AvgIpc) is 2.29. The van der Waals surface area contributed by atoms with Gasteiger partial charge >= 0.3 is 10.2 Å². The van der Waals surface area contributed by atoms with Gasteiger partial charge in [0, 0.05) is 6.20 Å². The van der Waals surface area contributed by atoms with Crippen molar-refractivity contribution in [1.29, 1.82) is 0 Å².